The van der Waals surface area contributed by atoms with Gasteiger partial charge in [0.15, 0.2) is 5.82 Å². The number of carbonyl (C=O) groups excluding carboxylic acids is 6. The molecule has 0 bridgehead atoms. The summed E-state index contributed by atoms with van der Waals surface area (Å²) in [4.78, 5) is 89.9. The summed E-state index contributed by atoms with van der Waals surface area (Å²) in [6.45, 7) is 3.19. The van der Waals surface area contributed by atoms with Crippen LogP contribution in [-0.2, 0) is 19.2 Å². The van der Waals surface area contributed by atoms with Gasteiger partial charge in [0.1, 0.15) is 41.3 Å². The number of phenolic OH excluding ortho intramolecular Hbond substituents is 1. The van der Waals surface area contributed by atoms with E-state index in [1.807, 2.05) is 4.90 Å². The molecule has 1 unspecified atom stereocenters. The van der Waals surface area contributed by atoms with E-state index in [4.69, 9.17) is 16.3 Å². The highest BCUT2D eigenvalue weighted by atomic mass is 35.5. The smallest absolute Gasteiger partial charge is 0.262 e. The SMILES string of the molecule is CC(=O)N1CCN(c2nc(NCCC(=O)N(C)CCOc3ccc4c(c3)C(=O)N(C3CCC(=O)NC3=O)C4=O)nc3c(F)c(-c4c(O)cccc4F)c(Cl)cc23)CC1. The van der Waals surface area contributed by atoms with Crippen molar-refractivity contribution in [3.05, 3.63) is 70.2 Å². The van der Waals surface area contributed by atoms with Gasteiger partial charge in [-0.1, -0.05) is 17.7 Å². The highest BCUT2D eigenvalue weighted by molar-refractivity contribution is 6.34. The minimum Gasteiger partial charge on any atom is -0.507 e. The first-order valence-corrected chi connectivity index (χ1v) is 18.8. The fourth-order valence-electron chi connectivity index (χ4n) is 7.16. The van der Waals surface area contributed by atoms with E-state index in [0.29, 0.717) is 32.0 Å². The number of aromatic hydroxyl groups is 1. The third kappa shape index (κ3) is 7.66. The Balaban J connectivity index is 1.01. The fourth-order valence-corrected chi connectivity index (χ4v) is 7.45. The predicted octanol–water partition coefficient (Wildman–Crippen LogP) is 3.34. The molecule has 2 saturated heterocycles. The van der Waals surface area contributed by atoms with Gasteiger partial charge in [-0.3, -0.25) is 39.0 Å². The van der Waals surface area contributed by atoms with Crippen molar-refractivity contribution in [2.45, 2.75) is 32.2 Å². The van der Waals surface area contributed by atoms with E-state index < -0.39 is 52.6 Å². The van der Waals surface area contributed by atoms with E-state index in [-0.39, 0.29) is 95.1 Å². The summed E-state index contributed by atoms with van der Waals surface area (Å²) >= 11 is 6.54. The number of likely N-dealkylation sites (N-methyl/N-ethyl adjacent to an activating group) is 1. The molecule has 3 aromatic carbocycles. The Kier molecular flexibility index (Phi) is 11.1. The molecule has 4 heterocycles. The number of benzene rings is 3. The minimum atomic E-state index is -1.10. The number of halogens is 3. The highest BCUT2D eigenvalue weighted by Crippen LogP contribution is 2.42. The van der Waals surface area contributed by atoms with Crippen LogP contribution in [0.4, 0.5) is 20.5 Å². The average Bonchev–Trinajstić information content (AvgIpc) is 3.43. The Hall–Kier alpha value is -6.43. The lowest BCUT2D eigenvalue weighted by Gasteiger charge is -2.35. The van der Waals surface area contributed by atoms with Crippen LogP contribution in [0.1, 0.15) is 46.9 Å². The number of nitrogens with one attached hydrogen (secondary N) is 2. The second-order valence-corrected chi connectivity index (χ2v) is 14.3. The van der Waals surface area contributed by atoms with E-state index in [0.717, 1.165) is 11.0 Å². The molecule has 6 amide bonds. The van der Waals surface area contributed by atoms with Crippen LogP contribution in [0.5, 0.6) is 11.5 Å². The molecule has 16 nitrogen and oxygen atoms in total. The lowest BCUT2D eigenvalue weighted by atomic mass is 10.0. The standard InChI is InChI=1S/C39H37ClF2N8O8/c1-20(51)48-12-14-49(15-13-48)35-24-19-25(40)31(32-26(41)4-3-5-28(32)52)33(42)34(24)45-39(46-35)43-11-10-30(54)47(2)16-17-58-21-6-7-22-23(18-21)38(57)50(37(22)56)27-8-9-29(53)44-36(27)55/h3-7,18-19,27,52H,8-17H2,1-2H3,(H,43,45,46)(H,44,53,55). The van der Waals surface area contributed by atoms with E-state index in [2.05, 4.69) is 20.6 Å². The molecule has 58 heavy (non-hydrogen) atoms. The molecule has 0 saturated carbocycles. The van der Waals surface area contributed by atoms with Crippen LogP contribution < -0.4 is 20.3 Å². The number of hydrogen-bond donors (Lipinski definition) is 3. The summed E-state index contributed by atoms with van der Waals surface area (Å²) in [5.41, 5.74) is -0.841. The van der Waals surface area contributed by atoms with E-state index in [1.54, 1.807) is 11.9 Å². The number of hydrogen-bond acceptors (Lipinski definition) is 12. The van der Waals surface area contributed by atoms with E-state index in [1.165, 1.54) is 48.2 Å². The van der Waals surface area contributed by atoms with Crippen molar-refractivity contribution in [3.8, 4) is 22.6 Å². The summed E-state index contributed by atoms with van der Waals surface area (Å²) in [6, 6.07) is 8.20. The number of ether oxygens (including phenoxy) is 1. The van der Waals surface area contributed by atoms with Crippen molar-refractivity contribution in [2.24, 2.45) is 0 Å². The molecule has 1 aromatic heterocycles. The van der Waals surface area contributed by atoms with Crippen LogP contribution in [0.3, 0.4) is 0 Å². The van der Waals surface area contributed by atoms with Gasteiger partial charge in [-0.15, -0.1) is 0 Å². The monoisotopic (exact) mass is 818 g/mol. The molecule has 19 heteroatoms. The van der Waals surface area contributed by atoms with E-state index >= 15 is 4.39 Å². The Labute approximate surface area is 334 Å². The second kappa shape index (κ2) is 16.2. The number of phenols is 1. The topological polar surface area (TPSA) is 195 Å². The number of carbonyl (C=O) groups is 6. The number of anilines is 2. The maximum absolute atomic E-state index is 16.4. The Morgan fingerprint density at radius 3 is 2.47 bits per heavy atom. The first kappa shape index (κ1) is 39.8. The van der Waals surface area contributed by atoms with Crippen molar-refractivity contribution in [1.29, 1.82) is 0 Å². The Morgan fingerprint density at radius 1 is 1.02 bits per heavy atom. The number of fused-ring (bicyclic) bond motifs is 2. The number of imide groups is 2. The van der Waals surface area contributed by atoms with Crippen LogP contribution in [-0.4, -0.2) is 124 Å². The molecular formula is C39H37ClF2N8O8. The molecule has 3 aliphatic rings. The molecule has 0 radical (unpaired) electrons. The zero-order chi connectivity index (χ0) is 41.4. The lowest BCUT2D eigenvalue weighted by Crippen LogP contribution is -2.54. The third-order valence-corrected chi connectivity index (χ3v) is 10.6. The number of piperidine rings is 1. The molecule has 4 aromatic rings. The summed E-state index contributed by atoms with van der Waals surface area (Å²) in [6.07, 6.45) is 0.0000520. The zero-order valence-corrected chi connectivity index (χ0v) is 32.1. The van der Waals surface area contributed by atoms with Crippen LogP contribution in [0.25, 0.3) is 22.0 Å². The van der Waals surface area contributed by atoms with Crippen molar-refractivity contribution in [2.75, 3.05) is 63.1 Å². The maximum Gasteiger partial charge on any atom is 0.262 e. The first-order valence-electron chi connectivity index (χ1n) is 18.4. The minimum absolute atomic E-state index is 0.00210. The van der Waals surface area contributed by atoms with Gasteiger partial charge in [0.25, 0.3) is 11.8 Å². The number of nitrogens with zero attached hydrogens (tertiary/aromatic N) is 6. The van der Waals surface area contributed by atoms with Crippen LogP contribution in [0, 0.1) is 11.6 Å². The number of piperazine rings is 1. The van der Waals surface area contributed by atoms with E-state index in [9.17, 15) is 38.3 Å². The average molecular weight is 819 g/mol. The van der Waals surface area contributed by atoms with Crippen molar-refractivity contribution >= 4 is 69.7 Å². The van der Waals surface area contributed by atoms with Gasteiger partial charge in [-0.2, -0.15) is 4.98 Å². The first-order chi connectivity index (χ1) is 27.7. The summed E-state index contributed by atoms with van der Waals surface area (Å²) in [5.74, 6) is -4.71. The second-order valence-electron chi connectivity index (χ2n) is 13.9. The predicted molar refractivity (Wildman–Crippen MR) is 205 cm³/mol. The fraction of sp³-hybridized carbons (Fsp3) is 0.333. The molecular weight excluding hydrogens is 782 g/mol. The van der Waals surface area contributed by atoms with Crippen LogP contribution in [0.15, 0.2) is 42.5 Å². The Morgan fingerprint density at radius 2 is 1.76 bits per heavy atom. The summed E-state index contributed by atoms with van der Waals surface area (Å²) in [5, 5.41) is 15.6. The van der Waals surface area contributed by atoms with Gasteiger partial charge in [0.05, 0.1) is 28.3 Å². The van der Waals surface area contributed by atoms with Gasteiger partial charge in [-0.25, -0.2) is 13.8 Å². The molecule has 3 N–H and O–H groups in total. The van der Waals surface area contributed by atoms with Gasteiger partial charge in [-0.05, 0) is 42.8 Å². The summed E-state index contributed by atoms with van der Waals surface area (Å²) < 4.78 is 37.1. The molecule has 1 atom stereocenters. The third-order valence-electron chi connectivity index (χ3n) is 10.3. The molecule has 2 fully saturated rings. The molecule has 302 valence electrons. The van der Waals surface area contributed by atoms with Crippen molar-refractivity contribution in [1.82, 2.24) is 30.0 Å². The largest absolute Gasteiger partial charge is 0.507 e. The van der Waals surface area contributed by atoms with Gasteiger partial charge < -0.3 is 29.9 Å². The molecule has 0 aliphatic carbocycles. The van der Waals surface area contributed by atoms with Crippen LogP contribution in [0.2, 0.25) is 5.02 Å². The van der Waals surface area contributed by atoms with Crippen molar-refractivity contribution < 1.29 is 47.4 Å². The maximum atomic E-state index is 16.4. The lowest BCUT2D eigenvalue weighted by molar-refractivity contribution is -0.136. The molecule has 3 aliphatic heterocycles. The zero-order valence-electron chi connectivity index (χ0n) is 31.3. The quantitative estimate of drug-likeness (QED) is 0.187. The van der Waals surface area contributed by atoms with Crippen LogP contribution >= 0.6 is 11.6 Å². The molecule has 7 rings (SSSR count). The highest BCUT2D eigenvalue weighted by Gasteiger charge is 2.44. The Bertz CT molecular complexity index is 2370. The van der Waals surface area contributed by atoms with Gasteiger partial charge >= 0.3 is 0 Å². The number of rotatable bonds is 11. The normalized spacial score (nSPS) is 16.8. The van der Waals surface area contributed by atoms with Gasteiger partial charge in [0.2, 0.25) is 29.6 Å². The van der Waals surface area contributed by atoms with Gasteiger partial charge in [0, 0.05) is 70.5 Å². The molecule has 0 spiro atoms. The van der Waals surface area contributed by atoms with Crippen molar-refractivity contribution in [3.63, 3.8) is 0 Å². The summed E-state index contributed by atoms with van der Waals surface area (Å²) in [7, 11) is 1.57. The number of amides is 6. The number of aromatic nitrogens is 2.